The fourth-order valence-corrected chi connectivity index (χ4v) is 3.23. The highest BCUT2D eigenvalue weighted by Crippen LogP contribution is 2.28. The molecule has 0 aliphatic heterocycles. The highest BCUT2D eigenvalue weighted by molar-refractivity contribution is 9.10. The summed E-state index contributed by atoms with van der Waals surface area (Å²) in [5.41, 5.74) is 7.21. The van der Waals surface area contributed by atoms with Gasteiger partial charge in [0, 0.05) is 22.3 Å². The summed E-state index contributed by atoms with van der Waals surface area (Å²) < 4.78 is 6.29. The Bertz CT molecular complexity index is 695. The maximum atomic E-state index is 6.15. The van der Waals surface area contributed by atoms with Crippen molar-refractivity contribution in [3.05, 3.63) is 57.7 Å². The minimum absolute atomic E-state index is 0.139. The third-order valence-electron chi connectivity index (χ3n) is 2.88. The first-order valence-corrected chi connectivity index (χ1v) is 7.77. The van der Waals surface area contributed by atoms with E-state index in [2.05, 4.69) is 26.1 Å². The molecule has 1 aromatic carbocycles. The van der Waals surface area contributed by atoms with Crippen LogP contribution in [0.3, 0.4) is 0 Å². The van der Waals surface area contributed by atoms with Gasteiger partial charge in [-0.25, -0.2) is 0 Å². The molecule has 2 aromatic heterocycles. The van der Waals surface area contributed by atoms with Crippen molar-refractivity contribution in [1.29, 1.82) is 0 Å². The molecule has 2 N–H and O–H groups in total. The molecule has 0 bridgehead atoms. The molecule has 3 rings (SSSR count). The summed E-state index contributed by atoms with van der Waals surface area (Å²) in [4.78, 5) is 5.36. The second-order valence-corrected chi connectivity index (χ2v) is 6.19. The molecule has 0 amide bonds. The first kappa shape index (κ1) is 13.5. The van der Waals surface area contributed by atoms with E-state index in [1.807, 2.05) is 41.8 Å². The Kier molecular flexibility index (Phi) is 3.95. The lowest BCUT2D eigenvalue weighted by molar-refractivity contribution is 0.370. The summed E-state index contributed by atoms with van der Waals surface area (Å²) in [5.74, 6) is 1.16. The van der Waals surface area contributed by atoms with Crippen molar-refractivity contribution in [2.24, 2.45) is 5.73 Å². The molecule has 3 aromatic rings. The Morgan fingerprint density at radius 2 is 2.10 bits per heavy atom. The maximum Gasteiger partial charge on any atom is 0.228 e. The molecule has 0 saturated carbocycles. The predicted molar refractivity (Wildman–Crippen MR) is 82.4 cm³/mol. The van der Waals surface area contributed by atoms with Gasteiger partial charge in [0.15, 0.2) is 0 Å². The number of nitrogens with two attached hydrogens (primary N) is 1. The second kappa shape index (κ2) is 5.87. The van der Waals surface area contributed by atoms with Crippen molar-refractivity contribution >= 4 is 27.3 Å². The lowest BCUT2D eigenvalue weighted by Gasteiger charge is -2.08. The highest BCUT2D eigenvalue weighted by atomic mass is 79.9. The predicted octanol–water partition coefficient (Wildman–Crippen LogP) is 3.80. The van der Waals surface area contributed by atoms with Gasteiger partial charge in [0.1, 0.15) is 0 Å². The molecule has 0 fully saturated rings. The molecule has 102 valence electrons. The number of benzene rings is 1. The minimum Gasteiger partial charge on any atom is -0.339 e. The van der Waals surface area contributed by atoms with Gasteiger partial charge in [0.2, 0.25) is 11.7 Å². The summed E-state index contributed by atoms with van der Waals surface area (Å²) in [7, 11) is 0. The number of aromatic nitrogens is 2. The third kappa shape index (κ3) is 2.98. The van der Waals surface area contributed by atoms with Crippen molar-refractivity contribution in [2.75, 3.05) is 0 Å². The molecule has 4 nitrogen and oxygen atoms in total. The van der Waals surface area contributed by atoms with E-state index >= 15 is 0 Å². The molecule has 1 atom stereocenters. The number of halogens is 1. The van der Waals surface area contributed by atoms with Gasteiger partial charge < -0.3 is 10.3 Å². The van der Waals surface area contributed by atoms with E-state index in [9.17, 15) is 0 Å². The van der Waals surface area contributed by atoms with Crippen LogP contribution in [0.2, 0.25) is 0 Å². The molecule has 20 heavy (non-hydrogen) atoms. The highest BCUT2D eigenvalue weighted by Gasteiger charge is 2.14. The molecule has 6 heteroatoms. The first-order valence-electron chi connectivity index (χ1n) is 6.10. The van der Waals surface area contributed by atoms with Crippen LogP contribution in [-0.4, -0.2) is 10.1 Å². The number of rotatable bonds is 4. The van der Waals surface area contributed by atoms with E-state index in [0.717, 1.165) is 14.9 Å². The van der Waals surface area contributed by atoms with Gasteiger partial charge >= 0.3 is 0 Å². The molecular weight excluding hydrogens is 338 g/mol. The number of hydrogen-bond donors (Lipinski definition) is 1. The van der Waals surface area contributed by atoms with E-state index in [-0.39, 0.29) is 6.04 Å². The lowest BCUT2D eigenvalue weighted by atomic mass is 10.1. The van der Waals surface area contributed by atoms with Crippen LogP contribution in [-0.2, 0) is 6.42 Å². The van der Waals surface area contributed by atoms with Gasteiger partial charge in [-0.3, -0.25) is 0 Å². The van der Waals surface area contributed by atoms with Gasteiger partial charge in [0.05, 0.1) is 4.88 Å². The van der Waals surface area contributed by atoms with Crippen molar-refractivity contribution in [3.8, 4) is 10.7 Å². The van der Waals surface area contributed by atoms with E-state index < -0.39 is 0 Å². The van der Waals surface area contributed by atoms with Crippen molar-refractivity contribution < 1.29 is 4.52 Å². The van der Waals surface area contributed by atoms with Crippen LogP contribution in [0.5, 0.6) is 0 Å². The number of thiophene rings is 1. The summed E-state index contributed by atoms with van der Waals surface area (Å²) in [6, 6.07) is 11.7. The Labute approximate surface area is 128 Å². The number of nitrogens with zero attached hydrogens (tertiary/aromatic N) is 2. The topological polar surface area (TPSA) is 64.9 Å². The normalized spacial score (nSPS) is 12.5. The fourth-order valence-electron chi connectivity index (χ4n) is 1.87. The van der Waals surface area contributed by atoms with Gasteiger partial charge in [-0.2, -0.15) is 4.98 Å². The average molecular weight is 350 g/mol. The summed E-state index contributed by atoms with van der Waals surface area (Å²) in [6.07, 6.45) is 0.531. The Morgan fingerprint density at radius 1 is 1.30 bits per heavy atom. The fraction of sp³-hybridized carbons (Fsp3) is 0.143. The smallest absolute Gasteiger partial charge is 0.228 e. The van der Waals surface area contributed by atoms with Crippen LogP contribution in [0.4, 0.5) is 0 Å². The number of hydrogen-bond acceptors (Lipinski definition) is 5. The molecule has 0 spiro atoms. The summed E-state index contributed by atoms with van der Waals surface area (Å²) in [6.45, 7) is 0. The molecule has 0 radical (unpaired) electrons. The van der Waals surface area contributed by atoms with Gasteiger partial charge in [-0.05, 0) is 27.6 Å². The zero-order valence-corrected chi connectivity index (χ0v) is 12.9. The molecule has 2 heterocycles. The Hall–Kier alpha value is -1.50. The van der Waals surface area contributed by atoms with Gasteiger partial charge in [-0.1, -0.05) is 35.5 Å². The molecule has 0 aliphatic rings. The molecule has 0 aliphatic carbocycles. The zero-order chi connectivity index (χ0) is 13.9. The van der Waals surface area contributed by atoms with Crippen LogP contribution in [0.1, 0.15) is 17.5 Å². The van der Waals surface area contributed by atoms with E-state index in [1.54, 1.807) is 11.3 Å². The molecule has 1 unspecified atom stereocenters. The maximum absolute atomic E-state index is 6.15. The largest absolute Gasteiger partial charge is 0.339 e. The van der Waals surface area contributed by atoms with Gasteiger partial charge in [-0.15, -0.1) is 11.3 Å². The van der Waals surface area contributed by atoms with Crippen molar-refractivity contribution in [2.45, 2.75) is 12.5 Å². The Morgan fingerprint density at radius 3 is 2.80 bits per heavy atom. The first-order chi connectivity index (χ1) is 9.72. The van der Waals surface area contributed by atoms with Crippen LogP contribution >= 0.6 is 27.3 Å². The van der Waals surface area contributed by atoms with E-state index in [0.29, 0.717) is 18.1 Å². The molecular formula is C14H12BrN3OS. The van der Waals surface area contributed by atoms with Crippen LogP contribution in [0.25, 0.3) is 10.7 Å². The van der Waals surface area contributed by atoms with E-state index in [1.165, 1.54) is 0 Å². The monoisotopic (exact) mass is 349 g/mol. The Balaban J connectivity index is 1.74. The lowest BCUT2D eigenvalue weighted by Crippen LogP contribution is -2.13. The van der Waals surface area contributed by atoms with E-state index in [4.69, 9.17) is 10.3 Å². The standard InChI is InChI=1S/C14H12BrN3OS/c15-10-6-12(20-8-10)14-17-13(19-18-14)7-11(16)9-4-2-1-3-5-9/h1-6,8,11H,7,16H2. The quantitative estimate of drug-likeness (QED) is 0.777. The van der Waals surface area contributed by atoms with Crippen LogP contribution in [0, 0.1) is 0 Å². The summed E-state index contributed by atoms with van der Waals surface area (Å²) in [5, 5.41) is 5.98. The summed E-state index contributed by atoms with van der Waals surface area (Å²) >= 11 is 4.98. The van der Waals surface area contributed by atoms with Crippen molar-refractivity contribution in [3.63, 3.8) is 0 Å². The zero-order valence-electron chi connectivity index (χ0n) is 10.5. The average Bonchev–Trinajstić information content (AvgIpc) is 3.09. The van der Waals surface area contributed by atoms with Gasteiger partial charge in [0.25, 0.3) is 0 Å². The SMILES string of the molecule is NC(Cc1nc(-c2cc(Br)cs2)no1)c1ccccc1. The third-order valence-corrected chi connectivity index (χ3v) is 4.57. The van der Waals surface area contributed by atoms with Crippen LogP contribution < -0.4 is 5.73 Å². The second-order valence-electron chi connectivity index (χ2n) is 4.36. The van der Waals surface area contributed by atoms with Crippen molar-refractivity contribution in [1.82, 2.24) is 10.1 Å². The van der Waals surface area contributed by atoms with Crippen LogP contribution in [0.15, 0.2) is 50.8 Å². The molecule has 0 saturated heterocycles. The minimum atomic E-state index is -0.139.